The molecule has 3 nitrogen and oxygen atoms in total. The fraction of sp³-hybridized carbons (Fsp3) is 0.167. The zero-order valence-electron chi connectivity index (χ0n) is 9.31. The van der Waals surface area contributed by atoms with Gasteiger partial charge in [0.05, 0.1) is 26.5 Å². The predicted molar refractivity (Wildman–Crippen MR) is 68.5 cm³/mol. The van der Waals surface area contributed by atoms with Crippen LogP contribution in [0.5, 0.6) is 0 Å². The monoisotopic (exact) mass is 263 g/mol. The van der Waals surface area contributed by atoms with Gasteiger partial charge >= 0.3 is 0 Å². The number of thiophene rings is 1. The third-order valence-corrected chi connectivity index (χ3v) is 4.67. The molecule has 0 spiro atoms. The molecule has 0 N–H and O–H groups in total. The predicted octanol–water partition coefficient (Wildman–Crippen LogP) is 3.80. The molecule has 2 aromatic heterocycles. The summed E-state index contributed by atoms with van der Waals surface area (Å²) in [5.41, 5.74) is 1.15. The minimum absolute atomic E-state index is 0.0433. The van der Waals surface area contributed by atoms with Gasteiger partial charge in [-0.15, -0.1) is 23.1 Å². The number of nitrogens with zero attached hydrogens (tertiary/aromatic N) is 1. The van der Waals surface area contributed by atoms with Crippen molar-refractivity contribution in [3.8, 4) is 17.4 Å². The highest BCUT2D eigenvalue weighted by Gasteiger charge is 2.23. The summed E-state index contributed by atoms with van der Waals surface area (Å²) in [4.78, 5) is 12.2. The molecular weight excluding hydrogens is 254 g/mol. The van der Waals surface area contributed by atoms with Gasteiger partial charge in [0.2, 0.25) is 0 Å². The van der Waals surface area contributed by atoms with Crippen molar-refractivity contribution in [3.63, 3.8) is 0 Å². The van der Waals surface area contributed by atoms with Gasteiger partial charge in [0.25, 0.3) is 0 Å². The van der Waals surface area contributed by atoms with E-state index in [0.717, 1.165) is 4.21 Å². The van der Waals surface area contributed by atoms with Gasteiger partial charge < -0.3 is 4.42 Å². The van der Waals surface area contributed by atoms with Crippen molar-refractivity contribution in [1.82, 2.24) is 0 Å². The first kappa shape index (κ1) is 12.0. The van der Waals surface area contributed by atoms with Crippen LogP contribution in [-0.4, -0.2) is 12.0 Å². The second-order valence-electron chi connectivity index (χ2n) is 3.32. The maximum atomic E-state index is 11.6. The average Bonchev–Trinajstić information content (AvgIpc) is 2.94. The van der Waals surface area contributed by atoms with Gasteiger partial charge in [0, 0.05) is 0 Å². The molecule has 0 bridgehead atoms. The van der Waals surface area contributed by atoms with E-state index in [9.17, 15) is 10.1 Å². The van der Waals surface area contributed by atoms with E-state index in [2.05, 4.69) is 6.07 Å². The SMILES string of the molecule is CSc1sc(C(C)=O)c(-c2ccco2)c1C#N. The molecule has 0 saturated heterocycles. The molecule has 2 aromatic rings. The summed E-state index contributed by atoms with van der Waals surface area (Å²) >= 11 is 2.82. The van der Waals surface area contributed by atoms with Gasteiger partial charge in [-0.05, 0) is 25.3 Å². The number of carbonyl (C=O) groups is 1. The second kappa shape index (κ2) is 4.78. The van der Waals surface area contributed by atoms with Crippen LogP contribution in [-0.2, 0) is 0 Å². The van der Waals surface area contributed by atoms with Crippen LogP contribution in [0.15, 0.2) is 27.0 Å². The normalized spacial score (nSPS) is 10.2. The van der Waals surface area contributed by atoms with Crippen molar-refractivity contribution in [1.29, 1.82) is 5.26 Å². The number of rotatable bonds is 3. The smallest absolute Gasteiger partial charge is 0.170 e. The Balaban J connectivity index is 2.75. The molecule has 0 atom stereocenters. The Bertz CT molecular complexity index is 591. The molecule has 0 unspecified atom stereocenters. The van der Waals surface area contributed by atoms with Crippen molar-refractivity contribution in [3.05, 3.63) is 28.8 Å². The summed E-state index contributed by atoms with van der Waals surface area (Å²) < 4.78 is 6.16. The number of Topliss-reactive ketones (excluding diaryl/α,β-unsaturated/α-hetero) is 1. The molecule has 0 saturated carbocycles. The zero-order chi connectivity index (χ0) is 12.4. The lowest BCUT2D eigenvalue weighted by Crippen LogP contribution is -1.91. The summed E-state index contributed by atoms with van der Waals surface area (Å²) in [6, 6.07) is 5.67. The fourth-order valence-electron chi connectivity index (χ4n) is 1.56. The summed E-state index contributed by atoms with van der Waals surface area (Å²) in [6.45, 7) is 1.50. The van der Waals surface area contributed by atoms with Crippen LogP contribution in [0.2, 0.25) is 0 Å². The standard InChI is InChI=1S/C12H9NO2S2/c1-7(14)11-10(9-4-3-5-15-9)8(6-13)12(16-2)17-11/h3-5H,1-2H3. The number of hydrogen-bond acceptors (Lipinski definition) is 5. The number of nitriles is 1. The Hall–Kier alpha value is -1.51. The van der Waals surface area contributed by atoms with Gasteiger partial charge in [-0.2, -0.15) is 5.26 Å². The number of ketones is 1. The number of thioether (sulfide) groups is 1. The second-order valence-corrected chi connectivity index (χ2v) is 5.41. The molecule has 2 heterocycles. The van der Waals surface area contributed by atoms with Crippen LogP contribution in [0.3, 0.4) is 0 Å². The Morgan fingerprint density at radius 2 is 2.35 bits per heavy atom. The van der Waals surface area contributed by atoms with Crippen molar-refractivity contribution in [2.24, 2.45) is 0 Å². The Morgan fingerprint density at radius 1 is 1.59 bits per heavy atom. The lowest BCUT2D eigenvalue weighted by molar-refractivity contribution is 0.102. The summed E-state index contributed by atoms with van der Waals surface area (Å²) in [5, 5.41) is 9.21. The molecule has 0 radical (unpaired) electrons. The van der Waals surface area contributed by atoms with Crippen LogP contribution in [0.4, 0.5) is 0 Å². The molecule has 0 aliphatic carbocycles. The molecule has 0 amide bonds. The summed E-state index contributed by atoms with van der Waals surface area (Å²) in [5.74, 6) is 0.529. The maximum Gasteiger partial charge on any atom is 0.170 e. The van der Waals surface area contributed by atoms with Crippen molar-refractivity contribution in [2.45, 2.75) is 11.1 Å². The highest BCUT2D eigenvalue weighted by Crippen LogP contribution is 2.41. The van der Waals surface area contributed by atoms with Gasteiger partial charge in [0.15, 0.2) is 5.78 Å². The molecule has 0 fully saturated rings. The van der Waals surface area contributed by atoms with Crippen molar-refractivity contribution in [2.75, 3.05) is 6.26 Å². The average molecular weight is 263 g/mol. The lowest BCUT2D eigenvalue weighted by Gasteiger charge is -1.97. The van der Waals surface area contributed by atoms with E-state index in [1.165, 1.54) is 36.3 Å². The van der Waals surface area contributed by atoms with E-state index < -0.39 is 0 Å². The van der Waals surface area contributed by atoms with E-state index in [1.807, 2.05) is 6.26 Å². The topological polar surface area (TPSA) is 54.0 Å². The Kier molecular flexibility index (Phi) is 3.36. The quantitative estimate of drug-likeness (QED) is 0.624. The first-order chi connectivity index (χ1) is 8.19. The molecule has 17 heavy (non-hydrogen) atoms. The van der Waals surface area contributed by atoms with E-state index in [-0.39, 0.29) is 5.78 Å². The van der Waals surface area contributed by atoms with Crippen LogP contribution < -0.4 is 0 Å². The molecule has 86 valence electrons. The molecular formula is C12H9NO2S2. The maximum absolute atomic E-state index is 11.6. The fourth-order valence-corrected chi connectivity index (χ4v) is 3.38. The van der Waals surface area contributed by atoms with Crippen molar-refractivity contribution < 1.29 is 9.21 Å². The molecule has 0 aliphatic rings. The summed E-state index contributed by atoms with van der Waals surface area (Å²) in [7, 11) is 0. The summed E-state index contributed by atoms with van der Waals surface area (Å²) in [6.07, 6.45) is 3.43. The van der Waals surface area contributed by atoms with Crippen molar-refractivity contribution >= 4 is 28.9 Å². The van der Waals surface area contributed by atoms with E-state index >= 15 is 0 Å². The number of furan rings is 1. The number of carbonyl (C=O) groups excluding carboxylic acids is 1. The van der Waals surface area contributed by atoms with Crippen LogP contribution in [0.25, 0.3) is 11.3 Å². The molecule has 2 rings (SSSR count). The lowest BCUT2D eigenvalue weighted by atomic mass is 10.1. The Morgan fingerprint density at radius 3 is 2.82 bits per heavy atom. The van der Waals surface area contributed by atoms with Gasteiger partial charge in [-0.25, -0.2) is 0 Å². The highest BCUT2D eigenvalue weighted by molar-refractivity contribution is 8.00. The number of hydrogen-bond donors (Lipinski definition) is 0. The van der Waals surface area contributed by atoms with E-state index in [0.29, 0.717) is 21.8 Å². The third-order valence-electron chi connectivity index (χ3n) is 2.26. The first-order valence-corrected chi connectivity index (χ1v) is 6.88. The van der Waals surface area contributed by atoms with E-state index in [1.54, 1.807) is 12.1 Å². The van der Waals surface area contributed by atoms with Crippen LogP contribution in [0.1, 0.15) is 22.2 Å². The zero-order valence-corrected chi connectivity index (χ0v) is 10.9. The highest BCUT2D eigenvalue weighted by atomic mass is 32.2. The van der Waals surface area contributed by atoms with Crippen LogP contribution >= 0.6 is 23.1 Å². The Labute approximate surface area is 107 Å². The van der Waals surface area contributed by atoms with E-state index in [4.69, 9.17) is 4.42 Å². The largest absolute Gasteiger partial charge is 0.464 e. The van der Waals surface area contributed by atoms with Gasteiger partial charge in [-0.1, -0.05) is 0 Å². The molecule has 0 aliphatic heterocycles. The van der Waals surface area contributed by atoms with Crippen LogP contribution in [0, 0.1) is 11.3 Å². The minimum atomic E-state index is -0.0433. The van der Waals surface area contributed by atoms with Gasteiger partial charge in [-0.3, -0.25) is 4.79 Å². The first-order valence-electron chi connectivity index (χ1n) is 4.84. The minimum Gasteiger partial charge on any atom is -0.464 e. The molecule has 5 heteroatoms. The third kappa shape index (κ3) is 2.02. The van der Waals surface area contributed by atoms with Gasteiger partial charge in [0.1, 0.15) is 11.8 Å². The molecule has 0 aromatic carbocycles.